The molecule has 3 rings (SSSR count). The normalized spacial score (nSPS) is 13.1. The number of aliphatic hydroxyl groups excluding tert-OH is 1. The molecule has 1 unspecified atom stereocenters. The molecule has 28 heavy (non-hydrogen) atoms. The number of aromatic nitrogens is 1. The number of rotatable bonds is 7. The van der Waals surface area contributed by atoms with E-state index in [9.17, 15) is 18.3 Å². The number of aromatic amines is 1. The standard InChI is InChI=1S/C22H24F3NO2/c1-3-14(8-9-27)20-13-18-11-17(10-15(4-2)21(18)26-20)16-6-5-7-19(12-16)28-22(23,24)25/h5-7,10-14,26-27H,3-4,8-9H2,1-2H3. The van der Waals surface area contributed by atoms with Crippen LogP contribution in [0.1, 0.15) is 43.9 Å². The fraction of sp³-hybridized carbons (Fsp3) is 0.364. The molecule has 0 aliphatic rings. The fourth-order valence-corrected chi connectivity index (χ4v) is 3.61. The molecule has 0 radical (unpaired) electrons. The molecule has 2 aromatic carbocycles. The number of hydrogen-bond acceptors (Lipinski definition) is 2. The van der Waals surface area contributed by atoms with Gasteiger partial charge in [-0.05, 0) is 66.3 Å². The second-order valence-electron chi connectivity index (χ2n) is 6.87. The zero-order valence-corrected chi connectivity index (χ0v) is 15.9. The van der Waals surface area contributed by atoms with Crippen molar-refractivity contribution in [3.05, 3.63) is 53.7 Å². The van der Waals surface area contributed by atoms with Gasteiger partial charge in [0.25, 0.3) is 0 Å². The van der Waals surface area contributed by atoms with E-state index in [-0.39, 0.29) is 18.3 Å². The van der Waals surface area contributed by atoms with E-state index in [2.05, 4.69) is 22.7 Å². The fourth-order valence-electron chi connectivity index (χ4n) is 3.61. The summed E-state index contributed by atoms with van der Waals surface area (Å²) in [5.41, 5.74) is 4.73. The Balaban J connectivity index is 2.04. The SMILES string of the molecule is CCc1cc(-c2cccc(OC(F)(F)F)c2)cc2cc(C(CC)CCO)[nH]c12. The van der Waals surface area contributed by atoms with Gasteiger partial charge in [-0.2, -0.15) is 0 Å². The Kier molecular flexibility index (Phi) is 5.98. The van der Waals surface area contributed by atoms with Gasteiger partial charge in [-0.15, -0.1) is 13.2 Å². The molecule has 0 fully saturated rings. The number of H-pyrrole nitrogens is 1. The Bertz CT molecular complexity index is 947. The number of halogens is 3. The summed E-state index contributed by atoms with van der Waals surface area (Å²) in [5.74, 6) is 0.0148. The molecule has 3 aromatic rings. The molecule has 150 valence electrons. The van der Waals surface area contributed by atoms with E-state index in [1.807, 2.05) is 19.1 Å². The highest BCUT2D eigenvalue weighted by molar-refractivity contribution is 5.89. The zero-order chi connectivity index (χ0) is 20.3. The van der Waals surface area contributed by atoms with Gasteiger partial charge in [0, 0.05) is 29.1 Å². The van der Waals surface area contributed by atoms with E-state index in [0.717, 1.165) is 40.6 Å². The molecule has 0 spiro atoms. The number of ether oxygens (including phenoxy) is 1. The van der Waals surface area contributed by atoms with Gasteiger partial charge < -0.3 is 14.8 Å². The molecule has 0 amide bonds. The first-order valence-electron chi connectivity index (χ1n) is 9.47. The first-order chi connectivity index (χ1) is 13.3. The average Bonchev–Trinajstić information content (AvgIpc) is 3.08. The first kappa shape index (κ1) is 20.3. The van der Waals surface area contributed by atoms with Crippen LogP contribution in [0.3, 0.4) is 0 Å². The lowest BCUT2D eigenvalue weighted by Gasteiger charge is -2.11. The van der Waals surface area contributed by atoms with Gasteiger partial charge in [-0.25, -0.2) is 0 Å². The molecule has 3 nitrogen and oxygen atoms in total. The second kappa shape index (κ2) is 8.27. The van der Waals surface area contributed by atoms with Gasteiger partial charge >= 0.3 is 6.36 Å². The summed E-state index contributed by atoms with van der Waals surface area (Å²) in [6, 6.07) is 12.1. The van der Waals surface area contributed by atoms with E-state index >= 15 is 0 Å². The minimum absolute atomic E-state index is 0.131. The highest BCUT2D eigenvalue weighted by atomic mass is 19.4. The van der Waals surface area contributed by atoms with Gasteiger partial charge in [0.1, 0.15) is 5.75 Å². The monoisotopic (exact) mass is 391 g/mol. The third kappa shape index (κ3) is 4.50. The van der Waals surface area contributed by atoms with Gasteiger partial charge in [0.2, 0.25) is 0 Å². The van der Waals surface area contributed by atoms with Crippen molar-refractivity contribution in [2.45, 2.75) is 45.4 Å². The van der Waals surface area contributed by atoms with Crippen molar-refractivity contribution < 1.29 is 23.0 Å². The maximum Gasteiger partial charge on any atom is 0.573 e. The molecule has 0 aliphatic heterocycles. The van der Waals surface area contributed by atoms with Crippen LogP contribution >= 0.6 is 0 Å². The summed E-state index contributed by atoms with van der Waals surface area (Å²) in [5, 5.41) is 10.3. The van der Waals surface area contributed by atoms with Crippen LogP contribution in [-0.4, -0.2) is 23.1 Å². The second-order valence-corrected chi connectivity index (χ2v) is 6.87. The molecule has 0 aliphatic carbocycles. The minimum atomic E-state index is -4.71. The van der Waals surface area contributed by atoms with Crippen molar-refractivity contribution in [3.8, 4) is 16.9 Å². The summed E-state index contributed by atoms with van der Waals surface area (Å²) in [6.07, 6.45) is -2.32. The Labute approximate surface area is 162 Å². The van der Waals surface area contributed by atoms with Crippen molar-refractivity contribution in [2.24, 2.45) is 0 Å². The lowest BCUT2D eigenvalue weighted by molar-refractivity contribution is -0.274. The lowest BCUT2D eigenvalue weighted by atomic mass is 9.97. The largest absolute Gasteiger partial charge is 0.573 e. The Morgan fingerprint density at radius 3 is 2.50 bits per heavy atom. The quantitative estimate of drug-likeness (QED) is 0.506. The lowest BCUT2D eigenvalue weighted by Crippen LogP contribution is -2.17. The van der Waals surface area contributed by atoms with E-state index in [4.69, 9.17) is 0 Å². The van der Waals surface area contributed by atoms with Gasteiger partial charge in [0.15, 0.2) is 0 Å². The summed E-state index contributed by atoms with van der Waals surface area (Å²) >= 11 is 0. The first-order valence-corrected chi connectivity index (χ1v) is 9.47. The Hall–Kier alpha value is -2.47. The van der Waals surface area contributed by atoms with E-state index in [0.29, 0.717) is 12.0 Å². The number of fused-ring (bicyclic) bond motifs is 1. The molecule has 1 atom stereocenters. The topological polar surface area (TPSA) is 45.2 Å². The van der Waals surface area contributed by atoms with Crippen LogP contribution in [0.25, 0.3) is 22.0 Å². The molecule has 0 saturated heterocycles. The third-order valence-electron chi connectivity index (χ3n) is 5.02. The maximum absolute atomic E-state index is 12.5. The van der Waals surface area contributed by atoms with E-state index in [1.54, 1.807) is 12.1 Å². The van der Waals surface area contributed by atoms with Gasteiger partial charge in [-0.1, -0.05) is 26.0 Å². The van der Waals surface area contributed by atoms with Crippen molar-refractivity contribution >= 4 is 10.9 Å². The van der Waals surface area contributed by atoms with Crippen LogP contribution in [0, 0.1) is 0 Å². The Morgan fingerprint density at radius 1 is 1.07 bits per heavy atom. The Morgan fingerprint density at radius 2 is 1.86 bits per heavy atom. The zero-order valence-electron chi connectivity index (χ0n) is 15.9. The number of benzene rings is 2. The van der Waals surface area contributed by atoms with Gasteiger partial charge in [-0.3, -0.25) is 0 Å². The number of hydrogen-bond donors (Lipinski definition) is 2. The molecule has 1 aromatic heterocycles. The van der Waals surface area contributed by atoms with Crippen molar-refractivity contribution in [1.82, 2.24) is 4.98 Å². The molecular formula is C22H24F3NO2. The number of aryl methyl sites for hydroxylation is 1. The predicted octanol–water partition coefficient (Wildman–Crippen LogP) is 6.17. The third-order valence-corrected chi connectivity index (χ3v) is 5.02. The predicted molar refractivity (Wildman–Crippen MR) is 105 cm³/mol. The highest BCUT2D eigenvalue weighted by Crippen LogP contribution is 2.34. The summed E-state index contributed by atoms with van der Waals surface area (Å²) < 4.78 is 41.7. The smallest absolute Gasteiger partial charge is 0.406 e. The maximum atomic E-state index is 12.5. The van der Waals surface area contributed by atoms with E-state index < -0.39 is 6.36 Å². The average molecular weight is 391 g/mol. The molecule has 1 heterocycles. The van der Waals surface area contributed by atoms with Crippen LogP contribution in [0.2, 0.25) is 0 Å². The molecular weight excluding hydrogens is 367 g/mol. The number of alkyl halides is 3. The molecule has 0 saturated carbocycles. The number of nitrogens with one attached hydrogen (secondary N) is 1. The summed E-state index contributed by atoms with van der Waals surface area (Å²) in [6.45, 7) is 4.27. The van der Waals surface area contributed by atoms with E-state index in [1.165, 1.54) is 12.1 Å². The number of aliphatic hydroxyl groups is 1. The van der Waals surface area contributed by atoms with Crippen molar-refractivity contribution in [3.63, 3.8) is 0 Å². The van der Waals surface area contributed by atoms with Crippen molar-refractivity contribution in [2.75, 3.05) is 6.61 Å². The van der Waals surface area contributed by atoms with Gasteiger partial charge in [0.05, 0.1) is 0 Å². The molecule has 0 bridgehead atoms. The van der Waals surface area contributed by atoms with Crippen molar-refractivity contribution in [1.29, 1.82) is 0 Å². The van der Waals surface area contributed by atoms with Crippen LogP contribution in [-0.2, 0) is 6.42 Å². The van der Waals surface area contributed by atoms with Crippen LogP contribution in [0.5, 0.6) is 5.75 Å². The summed E-state index contributed by atoms with van der Waals surface area (Å²) in [7, 11) is 0. The van der Waals surface area contributed by atoms with Crippen LogP contribution in [0.15, 0.2) is 42.5 Å². The summed E-state index contributed by atoms with van der Waals surface area (Å²) in [4.78, 5) is 3.49. The highest BCUT2D eigenvalue weighted by Gasteiger charge is 2.31. The minimum Gasteiger partial charge on any atom is -0.406 e. The van der Waals surface area contributed by atoms with Crippen LogP contribution < -0.4 is 4.74 Å². The molecule has 6 heteroatoms. The van der Waals surface area contributed by atoms with Crippen LogP contribution in [0.4, 0.5) is 13.2 Å². The molecule has 2 N–H and O–H groups in total.